The fourth-order valence-electron chi connectivity index (χ4n) is 1.24. The Kier molecular flexibility index (Phi) is 4.57. The van der Waals surface area contributed by atoms with E-state index in [-0.39, 0.29) is 5.91 Å². The van der Waals surface area contributed by atoms with Gasteiger partial charge in [0.2, 0.25) is 0 Å². The first-order valence-electron chi connectivity index (χ1n) is 4.90. The van der Waals surface area contributed by atoms with Crippen LogP contribution in [0.15, 0.2) is 36.9 Å². The van der Waals surface area contributed by atoms with Crippen LogP contribution in [0, 0.1) is 0 Å². The SMILES string of the molecule is C=CCNCc1ccc(C(=O)NC)cc1. The molecular formula is C12H16N2O. The summed E-state index contributed by atoms with van der Waals surface area (Å²) >= 11 is 0. The third kappa shape index (κ3) is 3.56. The maximum Gasteiger partial charge on any atom is 0.251 e. The molecule has 0 aliphatic carbocycles. The molecule has 0 radical (unpaired) electrons. The van der Waals surface area contributed by atoms with Gasteiger partial charge in [0.05, 0.1) is 0 Å². The average Bonchev–Trinajstić information content (AvgIpc) is 2.29. The van der Waals surface area contributed by atoms with Gasteiger partial charge in [-0.15, -0.1) is 6.58 Å². The van der Waals surface area contributed by atoms with E-state index in [1.807, 2.05) is 30.3 Å². The van der Waals surface area contributed by atoms with Crippen LogP contribution in [0.2, 0.25) is 0 Å². The first-order chi connectivity index (χ1) is 7.27. The molecule has 1 aromatic rings. The Labute approximate surface area is 90.2 Å². The molecule has 0 aliphatic heterocycles. The molecular weight excluding hydrogens is 188 g/mol. The molecule has 80 valence electrons. The highest BCUT2D eigenvalue weighted by Gasteiger charge is 2.01. The van der Waals surface area contributed by atoms with Crippen molar-refractivity contribution in [3.63, 3.8) is 0 Å². The van der Waals surface area contributed by atoms with Crippen LogP contribution in [-0.4, -0.2) is 19.5 Å². The maximum absolute atomic E-state index is 11.2. The van der Waals surface area contributed by atoms with Gasteiger partial charge in [-0.25, -0.2) is 0 Å². The minimum atomic E-state index is -0.0550. The second-order valence-corrected chi connectivity index (χ2v) is 3.20. The number of rotatable bonds is 5. The molecule has 0 heterocycles. The van der Waals surface area contributed by atoms with E-state index < -0.39 is 0 Å². The fraction of sp³-hybridized carbons (Fsp3) is 0.250. The predicted octanol–water partition coefficient (Wildman–Crippen LogP) is 1.32. The van der Waals surface area contributed by atoms with E-state index in [1.54, 1.807) is 7.05 Å². The van der Waals surface area contributed by atoms with Crippen molar-refractivity contribution in [2.24, 2.45) is 0 Å². The summed E-state index contributed by atoms with van der Waals surface area (Å²) in [7, 11) is 1.63. The van der Waals surface area contributed by atoms with Gasteiger partial charge < -0.3 is 10.6 Å². The van der Waals surface area contributed by atoms with Crippen LogP contribution in [0.3, 0.4) is 0 Å². The molecule has 0 saturated carbocycles. The van der Waals surface area contributed by atoms with Crippen molar-refractivity contribution in [3.8, 4) is 0 Å². The number of amides is 1. The van der Waals surface area contributed by atoms with Crippen LogP contribution in [-0.2, 0) is 6.54 Å². The Balaban J connectivity index is 2.56. The van der Waals surface area contributed by atoms with Crippen LogP contribution < -0.4 is 10.6 Å². The second kappa shape index (κ2) is 5.98. The van der Waals surface area contributed by atoms with Crippen molar-refractivity contribution in [2.75, 3.05) is 13.6 Å². The Morgan fingerprint density at radius 3 is 2.60 bits per heavy atom. The zero-order valence-electron chi connectivity index (χ0n) is 8.92. The van der Waals surface area contributed by atoms with E-state index in [0.29, 0.717) is 5.56 Å². The lowest BCUT2D eigenvalue weighted by molar-refractivity contribution is 0.0963. The molecule has 0 atom stereocenters. The molecule has 0 aliphatic rings. The molecule has 3 nitrogen and oxygen atoms in total. The van der Waals surface area contributed by atoms with E-state index in [2.05, 4.69) is 17.2 Å². The largest absolute Gasteiger partial charge is 0.355 e. The van der Waals surface area contributed by atoms with Crippen molar-refractivity contribution in [2.45, 2.75) is 6.54 Å². The standard InChI is InChI=1S/C12H16N2O/c1-3-8-14-9-10-4-6-11(7-5-10)12(15)13-2/h3-7,14H,1,8-9H2,2H3,(H,13,15). The van der Waals surface area contributed by atoms with Crippen molar-refractivity contribution < 1.29 is 4.79 Å². The van der Waals surface area contributed by atoms with Gasteiger partial charge in [-0.2, -0.15) is 0 Å². The summed E-state index contributed by atoms with van der Waals surface area (Å²) < 4.78 is 0. The van der Waals surface area contributed by atoms with Gasteiger partial charge in [-0.05, 0) is 17.7 Å². The second-order valence-electron chi connectivity index (χ2n) is 3.20. The van der Waals surface area contributed by atoms with Crippen molar-refractivity contribution in [1.29, 1.82) is 0 Å². The summed E-state index contributed by atoms with van der Waals surface area (Å²) in [6.07, 6.45) is 1.82. The predicted molar refractivity (Wildman–Crippen MR) is 61.7 cm³/mol. The van der Waals surface area contributed by atoms with Crippen molar-refractivity contribution in [3.05, 3.63) is 48.0 Å². The van der Waals surface area contributed by atoms with Gasteiger partial charge in [0, 0.05) is 25.7 Å². The lowest BCUT2D eigenvalue weighted by Gasteiger charge is -2.03. The van der Waals surface area contributed by atoms with E-state index in [9.17, 15) is 4.79 Å². The Morgan fingerprint density at radius 2 is 2.07 bits per heavy atom. The van der Waals surface area contributed by atoms with Crippen LogP contribution in [0.25, 0.3) is 0 Å². The van der Waals surface area contributed by atoms with Gasteiger partial charge in [0.15, 0.2) is 0 Å². The summed E-state index contributed by atoms with van der Waals surface area (Å²) in [6, 6.07) is 7.54. The number of carbonyl (C=O) groups is 1. The Bertz CT molecular complexity index is 330. The van der Waals surface area contributed by atoms with Crippen LogP contribution in [0.4, 0.5) is 0 Å². The van der Waals surface area contributed by atoms with Crippen molar-refractivity contribution >= 4 is 5.91 Å². The Hall–Kier alpha value is -1.61. The van der Waals surface area contributed by atoms with Crippen LogP contribution in [0.1, 0.15) is 15.9 Å². The number of benzene rings is 1. The summed E-state index contributed by atoms with van der Waals surface area (Å²) in [6.45, 7) is 5.21. The molecule has 1 amide bonds. The third-order valence-electron chi connectivity index (χ3n) is 2.06. The van der Waals surface area contributed by atoms with E-state index in [4.69, 9.17) is 0 Å². The highest BCUT2D eigenvalue weighted by molar-refractivity contribution is 5.93. The van der Waals surface area contributed by atoms with Gasteiger partial charge in [-0.1, -0.05) is 18.2 Å². The number of nitrogens with one attached hydrogen (secondary N) is 2. The van der Waals surface area contributed by atoms with E-state index >= 15 is 0 Å². The molecule has 0 aromatic heterocycles. The van der Waals surface area contributed by atoms with Gasteiger partial charge >= 0.3 is 0 Å². The minimum absolute atomic E-state index is 0.0550. The zero-order chi connectivity index (χ0) is 11.1. The highest BCUT2D eigenvalue weighted by Crippen LogP contribution is 2.03. The topological polar surface area (TPSA) is 41.1 Å². The smallest absolute Gasteiger partial charge is 0.251 e. The van der Waals surface area contributed by atoms with Crippen molar-refractivity contribution in [1.82, 2.24) is 10.6 Å². The molecule has 0 spiro atoms. The highest BCUT2D eigenvalue weighted by atomic mass is 16.1. The summed E-state index contributed by atoms with van der Waals surface area (Å²) in [5.74, 6) is -0.0550. The molecule has 0 unspecified atom stereocenters. The normalized spacial score (nSPS) is 9.67. The summed E-state index contributed by atoms with van der Waals surface area (Å²) in [5, 5.41) is 5.78. The molecule has 15 heavy (non-hydrogen) atoms. The molecule has 1 aromatic carbocycles. The fourth-order valence-corrected chi connectivity index (χ4v) is 1.24. The monoisotopic (exact) mass is 204 g/mol. The van der Waals surface area contributed by atoms with Gasteiger partial charge in [-0.3, -0.25) is 4.79 Å². The quantitative estimate of drug-likeness (QED) is 0.561. The molecule has 0 saturated heterocycles. The lowest BCUT2D eigenvalue weighted by atomic mass is 10.1. The first kappa shape index (κ1) is 11.5. The number of hydrogen-bond donors (Lipinski definition) is 2. The average molecular weight is 204 g/mol. The summed E-state index contributed by atoms with van der Waals surface area (Å²) in [5.41, 5.74) is 1.84. The minimum Gasteiger partial charge on any atom is -0.355 e. The molecule has 0 fully saturated rings. The third-order valence-corrected chi connectivity index (χ3v) is 2.06. The number of carbonyl (C=O) groups excluding carboxylic acids is 1. The molecule has 2 N–H and O–H groups in total. The van der Waals surface area contributed by atoms with Crippen LogP contribution >= 0.6 is 0 Å². The summed E-state index contributed by atoms with van der Waals surface area (Å²) in [4.78, 5) is 11.2. The molecule has 0 bridgehead atoms. The maximum atomic E-state index is 11.2. The van der Waals surface area contributed by atoms with Gasteiger partial charge in [0.25, 0.3) is 5.91 Å². The van der Waals surface area contributed by atoms with Gasteiger partial charge in [0.1, 0.15) is 0 Å². The lowest BCUT2D eigenvalue weighted by Crippen LogP contribution is -2.18. The van der Waals surface area contributed by atoms with Crippen LogP contribution in [0.5, 0.6) is 0 Å². The first-order valence-corrected chi connectivity index (χ1v) is 4.90. The van der Waals surface area contributed by atoms with E-state index in [0.717, 1.165) is 18.7 Å². The number of hydrogen-bond acceptors (Lipinski definition) is 2. The molecule has 3 heteroatoms. The zero-order valence-corrected chi connectivity index (χ0v) is 8.92. The van der Waals surface area contributed by atoms with E-state index in [1.165, 1.54) is 0 Å². The molecule has 1 rings (SSSR count). The Morgan fingerprint density at radius 1 is 1.40 bits per heavy atom.